The first-order valence-electron chi connectivity index (χ1n) is 6.99. The van der Waals surface area contributed by atoms with Gasteiger partial charge in [0, 0.05) is 18.3 Å². The number of Topliss-reactive ketones (excluding diaryl/α,β-unsaturated/α-hetero) is 1. The van der Waals surface area contributed by atoms with Crippen molar-refractivity contribution in [2.45, 2.75) is 33.3 Å². The zero-order valence-corrected chi connectivity index (χ0v) is 12.4. The first-order chi connectivity index (χ1) is 10.1. The van der Waals surface area contributed by atoms with Gasteiger partial charge < -0.3 is 15.2 Å². The summed E-state index contributed by atoms with van der Waals surface area (Å²) in [6, 6.07) is 7.03. The van der Waals surface area contributed by atoms with Crippen LogP contribution < -0.4 is 5.32 Å². The number of ether oxygens (including phenoxy) is 1. The van der Waals surface area contributed by atoms with Gasteiger partial charge in [0.1, 0.15) is 5.57 Å². The fourth-order valence-corrected chi connectivity index (χ4v) is 1.69. The van der Waals surface area contributed by atoms with Crippen molar-refractivity contribution in [3.8, 4) is 0 Å². The third-order valence-corrected chi connectivity index (χ3v) is 2.79. The molecule has 21 heavy (non-hydrogen) atoms. The van der Waals surface area contributed by atoms with Crippen LogP contribution in [0.2, 0.25) is 0 Å². The van der Waals surface area contributed by atoms with Gasteiger partial charge in [0.2, 0.25) is 0 Å². The number of nitrogens with one attached hydrogen (secondary N) is 1. The van der Waals surface area contributed by atoms with Crippen molar-refractivity contribution in [2.24, 2.45) is 0 Å². The highest BCUT2D eigenvalue weighted by atomic mass is 16.5. The summed E-state index contributed by atoms with van der Waals surface area (Å²) in [7, 11) is 0. The smallest absolute Gasteiger partial charge is 0.343 e. The quantitative estimate of drug-likeness (QED) is 0.333. The summed E-state index contributed by atoms with van der Waals surface area (Å²) < 4.78 is 4.90. The van der Waals surface area contributed by atoms with Gasteiger partial charge in [-0.3, -0.25) is 4.79 Å². The van der Waals surface area contributed by atoms with Gasteiger partial charge in [0.25, 0.3) is 0 Å². The molecule has 0 bridgehead atoms. The highest BCUT2D eigenvalue weighted by molar-refractivity contribution is 6.17. The summed E-state index contributed by atoms with van der Waals surface area (Å²) in [6.07, 6.45) is 2.35. The molecule has 1 aromatic rings. The topological polar surface area (TPSA) is 75.6 Å². The number of aliphatic hydroxyl groups is 1. The van der Waals surface area contributed by atoms with Crippen LogP contribution in [0.15, 0.2) is 36.0 Å². The van der Waals surface area contributed by atoms with Gasteiger partial charge in [-0.15, -0.1) is 0 Å². The zero-order valence-electron chi connectivity index (χ0n) is 12.4. The molecule has 0 aromatic heterocycles. The lowest BCUT2D eigenvalue weighted by Crippen LogP contribution is -2.17. The zero-order chi connectivity index (χ0) is 15.7. The second kappa shape index (κ2) is 8.92. The summed E-state index contributed by atoms with van der Waals surface area (Å²) in [5.41, 5.74) is 1.53. The van der Waals surface area contributed by atoms with Crippen LogP contribution in [0.1, 0.15) is 32.3 Å². The van der Waals surface area contributed by atoms with Crippen molar-refractivity contribution in [3.05, 3.63) is 41.6 Å². The van der Waals surface area contributed by atoms with Crippen molar-refractivity contribution in [2.75, 3.05) is 11.9 Å². The van der Waals surface area contributed by atoms with E-state index in [2.05, 4.69) is 5.32 Å². The first kappa shape index (κ1) is 16.9. The molecule has 0 unspecified atom stereocenters. The molecule has 0 radical (unpaired) electrons. The molecule has 0 saturated carbocycles. The molecule has 2 N–H and O–H groups in total. The molecule has 5 nitrogen and oxygen atoms in total. The van der Waals surface area contributed by atoms with E-state index in [1.807, 2.05) is 6.92 Å². The van der Waals surface area contributed by atoms with E-state index in [4.69, 9.17) is 9.84 Å². The predicted octanol–water partition coefficient (Wildman–Crippen LogP) is 2.41. The van der Waals surface area contributed by atoms with Gasteiger partial charge in [0.05, 0.1) is 13.2 Å². The van der Waals surface area contributed by atoms with Crippen LogP contribution in [0, 0.1) is 0 Å². The van der Waals surface area contributed by atoms with Crippen molar-refractivity contribution >= 4 is 17.4 Å². The Morgan fingerprint density at radius 2 is 1.90 bits per heavy atom. The van der Waals surface area contributed by atoms with Gasteiger partial charge in [-0.05, 0) is 31.0 Å². The Morgan fingerprint density at radius 1 is 1.24 bits per heavy atom. The maximum Gasteiger partial charge on any atom is 0.343 e. The summed E-state index contributed by atoms with van der Waals surface area (Å²) in [6.45, 7) is 3.77. The number of anilines is 1. The Kier molecular flexibility index (Phi) is 7.18. The average Bonchev–Trinajstić information content (AvgIpc) is 2.48. The lowest BCUT2D eigenvalue weighted by molar-refractivity contribution is -0.140. The largest absolute Gasteiger partial charge is 0.462 e. The number of hydrogen-bond acceptors (Lipinski definition) is 5. The van der Waals surface area contributed by atoms with E-state index < -0.39 is 5.97 Å². The van der Waals surface area contributed by atoms with E-state index in [-0.39, 0.29) is 24.6 Å². The SMILES string of the molecule is CCCC(=O)C(=CNc1ccc(CO)cc1)C(=O)OCC. The van der Waals surface area contributed by atoms with Gasteiger partial charge in [-0.2, -0.15) is 0 Å². The Labute approximate surface area is 124 Å². The molecule has 0 aliphatic rings. The lowest BCUT2D eigenvalue weighted by atomic mass is 10.1. The van der Waals surface area contributed by atoms with Crippen LogP contribution in [0.4, 0.5) is 5.69 Å². The van der Waals surface area contributed by atoms with E-state index in [0.717, 1.165) is 11.3 Å². The predicted molar refractivity (Wildman–Crippen MR) is 80.6 cm³/mol. The molecule has 0 heterocycles. The monoisotopic (exact) mass is 291 g/mol. The molecule has 0 atom stereocenters. The molecule has 5 heteroatoms. The lowest BCUT2D eigenvalue weighted by Gasteiger charge is -2.07. The number of carbonyl (C=O) groups is 2. The number of esters is 1. The molecule has 1 rings (SSSR count). The van der Waals surface area contributed by atoms with Crippen molar-refractivity contribution in [1.29, 1.82) is 0 Å². The molecular formula is C16H21NO4. The molecule has 0 amide bonds. The molecule has 0 aliphatic heterocycles. The molecular weight excluding hydrogens is 270 g/mol. The minimum absolute atomic E-state index is 0.0185. The van der Waals surface area contributed by atoms with Crippen LogP contribution in [0.25, 0.3) is 0 Å². The third kappa shape index (κ3) is 5.39. The molecule has 0 spiro atoms. The normalized spacial score (nSPS) is 11.1. The molecule has 0 fully saturated rings. The van der Waals surface area contributed by atoms with Crippen molar-refractivity contribution in [1.82, 2.24) is 0 Å². The number of benzene rings is 1. The molecule has 0 saturated heterocycles. The second-order valence-corrected chi connectivity index (χ2v) is 4.45. The maximum atomic E-state index is 11.9. The van der Waals surface area contributed by atoms with Crippen LogP contribution >= 0.6 is 0 Å². The van der Waals surface area contributed by atoms with Crippen LogP contribution in [0.3, 0.4) is 0 Å². The number of rotatable bonds is 8. The third-order valence-electron chi connectivity index (χ3n) is 2.79. The summed E-state index contributed by atoms with van der Waals surface area (Å²) >= 11 is 0. The van der Waals surface area contributed by atoms with Gasteiger partial charge in [-0.25, -0.2) is 4.79 Å². The summed E-state index contributed by atoms with van der Waals surface area (Å²) in [4.78, 5) is 23.7. The number of ketones is 1. The van der Waals surface area contributed by atoms with E-state index in [1.165, 1.54) is 6.20 Å². The van der Waals surface area contributed by atoms with Crippen LogP contribution in [-0.2, 0) is 20.9 Å². The fourth-order valence-electron chi connectivity index (χ4n) is 1.69. The first-order valence-corrected chi connectivity index (χ1v) is 6.99. The molecule has 114 valence electrons. The van der Waals surface area contributed by atoms with Gasteiger partial charge in [-0.1, -0.05) is 19.1 Å². The van der Waals surface area contributed by atoms with E-state index >= 15 is 0 Å². The van der Waals surface area contributed by atoms with Crippen molar-refractivity contribution < 1.29 is 19.4 Å². The number of hydrogen-bond donors (Lipinski definition) is 2. The second-order valence-electron chi connectivity index (χ2n) is 4.45. The number of carbonyl (C=O) groups excluding carboxylic acids is 2. The Bertz CT molecular complexity index is 486. The Hall–Kier alpha value is -2.14. The summed E-state index contributed by atoms with van der Waals surface area (Å²) in [5, 5.41) is 11.9. The van der Waals surface area contributed by atoms with Gasteiger partial charge in [0.15, 0.2) is 5.78 Å². The van der Waals surface area contributed by atoms with Crippen LogP contribution in [-0.4, -0.2) is 23.5 Å². The van der Waals surface area contributed by atoms with Crippen molar-refractivity contribution in [3.63, 3.8) is 0 Å². The van der Waals surface area contributed by atoms with E-state index in [0.29, 0.717) is 12.8 Å². The van der Waals surface area contributed by atoms with E-state index in [9.17, 15) is 9.59 Å². The minimum Gasteiger partial charge on any atom is -0.462 e. The standard InChI is InChI=1S/C16H21NO4/c1-3-5-15(19)14(16(20)21-4-2)10-17-13-8-6-12(11-18)7-9-13/h6-10,17-18H,3-5,11H2,1-2H3. The average molecular weight is 291 g/mol. The minimum atomic E-state index is -0.615. The highest BCUT2D eigenvalue weighted by Gasteiger charge is 2.18. The fraction of sp³-hybridized carbons (Fsp3) is 0.375. The molecule has 1 aromatic carbocycles. The highest BCUT2D eigenvalue weighted by Crippen LogP contribution is 2.12. The van der Waals surface area contributed by atoms with Gasteiger partial charge >= 0.3 is 5.97 Å². The summed E-state index contributed by atoms with van der Waals surface area (Å²) in [5.74, 6) is -0.856. The maximum absolute atomic E-state index is 11.9. The Balaban J connectivity index is 2.85. The number of aliphatic hydroxyl groups excluding tert-OH is 1. The Morgan fingerprint density at radius 3 is 2.43 bits per heavy atom. The van der Waals surface area contributed by atoms with Crippen LogP contribution in [0.5, 0.6) is 0 Å². The molecule has 0 aliphatic carbocycles. The van der Waals surface area contributed by atoms with E-state index in [1.54, 1.807) is 31.2 Å².